The van der Waals surface area contributed by atoms with Crippen LogP contribution in [0.5, 0.6) is 5.75 Å². The number of hydrogen-bond donors (Lipinski definition) is 2. The van der Waals surface area contributed by atoms with Gasteiger partial charge in [-0.3, -0.25) is 14.9 Å². The van der Waals surface area contributed by atoms with E-state index < -0.39 is 10.8 Å². The molecule has 180 valence electrons. The Bertz CT molecular complexity index is 1500. The van der Waals surface area contributed by atoms with E-state index in [-0.39, 0.29) is 17.9 Å². The number of nitrogens with zero attached hydrogens (tertiary/aromatic N) is 2. The van der Waals surface area contributed by atoms with Crippen LogP contribution >= 0.6 is 22.6 Å². The Kier molecular flexibility index (Phi) is 7.97. The Morgan fingerprint density at radius 3 is 2.78 bits per heavy atom. The SMILES string of the molecule is N#C/C(=C/c1ccc(OCc2cccc([N+](=O)[O-])c2)c(I)c1)C(=O)NCCc1c[nH]c2ccccc12. The summed E-state index contributed by atoms with van der Waals surface area (Å²) < 4.78 is 6.59. The van der Waals surface area contributed by atoms with Gasteiger partial charge in [-0.2, -0.15) is 5.26 Å². The van der Waals surface area contributed by atoms with Crippen molar-refractivity contribution in [1.29, 1.82) is 5.26 Å². The maximum atomic E-state index is 12.6. The van der Waals surface area contributed by atoms with E-state index in [4.69, 9.17) is 4.74 Å². The van der Waals surface area contributed by atoms with Crippen LogP contribution in [0.3, 0.4) is 0 Å². The zero-order valence-corrected chi connectivity index (χ0v) is 21.2. The van der Waals surface area contributed by atoms with Crippen LogP contribution in [0.1, 0.15) is 16.7 Å². The van der Waals surface area contributed by atoms with Gasteiger partial charge in [0.2, 0.25) is 0 Å². The highest BCUT2D eigenvalue weighted by Crippen LogP contribution is 2.25. The molecule has 3 aromatic carbocycles. The summed E-state index contributed by atoms with van der Waals surface area (Å²) in [5, 5.41) is 24.4. The molecular weight excluding hydrogens is 571 g/mol. The van der Waals surface area contributed by atoms with Gasteiger partial charge in [0.05, 0.1) is 8.49 Å². The second-order valence-corrected chi connectivity index (χ2v) is 9.10. The number of amides is 1. The first-order chi connectivity index (χ1) is 17.4. The first-order valence-corrected chi connectivity index (χ1v) is 12.1. The summed E-state index contributed by atoms with van der Waals surface area (Å²) in [4.78, 5) is 26.3. The molecule has 0 radical (unpaired) electrons. The number of non-ortho nitro benzene ring substituents is 1. The summed E-state index contributed by atoms with van der Waals surface area (Å²) in [5.41, 5.74) is 3.53. The molecule has 0 atom stereocenters. The van der Waals surface area contributed by atoms with Gasteiger partial charge in [0.25, 0.3) is 11.6 Å². The van der Waals surface area contributed by atoms with Crippen molar-refractivity contribution in [2.24, 2.45) is 0 Å². The molecule has 0 spiro atoms. The average Bonchev–Trinajstić information content (AvgIpc) is 3.30. The van der Waals surface area contributed by atoms with Gasteiger partial charge in [-0.05, 0) is 70.0 Å². The van der Waals surface area contributed by atoms with Crippen molar-refractivity contribution in [3.05, 3.63) is 109 Å². The average molecular weight is 592 g/mol. The minimum absolute atomic E-state index is 0.00925. The summed E-state index contributed by atoms with van der Waals surface area (Å²) in [6, 6.07) is 21.5. The number of rotatable bonds is 9. The fraction of sp³-hybridized carbons (Fsp3) is 0.111. The molecule has 0 saturated heterocycles. The third-order valence-corrected chi connectivity index (χ3v) is 6.35. The molecule has 0 aliphatic heterocycles. The van der Waals surface area contributed by atoms with E-state index >= 15 is 0 Å². The lowest BCUT2D eigenvalue weighted by Gasteiger charge is -2.09. The van der Waals surface area contributed by atoms with Crippen LogP contribution in [0.15, 0.2) is 78.5 Å². The molecule has 8 nitrogen and oxygen atoms in total. The van der Waals surface area contributed by atoms with Gasteiger partial charge in [0.1, 0.15) is 24.0 Å². The van der Waals surface area contributed by atoms with E-state index in [2.05, 4.69) is 32.9 Å². The topological polar surface area (TPSA) is 121 Å². The van der Waals surface area contributed by atoms with Gasteiger partial charge < -0.3 is 15.0 Å². The van der Waals surface area contributed by atoms with Crippen LogP contribution < -0.4 is 10.1 Å². The van der Waals surface area contributed by atoms with Crippen molar-refractivity contribution in [3.8, 4) is 11.8 Å². The third kappa shape index (κ3) is 6.09. The van der Waals surface area contributed by atoms with E-state index in [1.807, 2.05) is 36.5 Å². The van der Waals surface area contributed by atoms with Crippen molar-refractivity contribution in [2.75, 3.05) is 6.54 Å². The molecule has 0 aliphatic carbocycles. The monoisotopic (exact) mass is 592 g/mol. The lowest BCUT2D eigenvalue weighted by atomic mass is 10.1. The van der Waals surface area contributed by atoms with Crippen LogP contribution in [-0.2, 0) is 17.8 Å². The maximum Gasteiger partial charge on any atom is 0.269 e. The van der Waals surface area contributed by atoms with Crippen molar-refractivity contribution in [1.82, 2.24) is 10.3 Å². The molecule has 2 N–H and O–H groups in total. The molecule has 0 unspecified atom stereocenters. The molecule has 4 rings (SSSR count). The predicted octanol–water partition coefficient (Wildman–Crippen LogP) is 5.53. The molecule has 0 bridgehead atoms. The zero-order valence-electron chi connectivity index (χ0n) is 19.0. The highest BCUT2D eigenvalue weighted by molar-refractivity contribution is 14.1. The van der Waals surface area contributed by atoms with Crippen LogP contribution in [-0.4, -0.2) is 22.4 Å². The number of para-hydroxylation sites is 1. The molecule has 9 heteroatoms. The highest BCUT2D eigenvalue weighted by Gasteiger charge is 2.11. The number of ether oxygens (including phenoxy) is 1. The van der Waals surface area contributed by atoms with Gasteiger partial charge in [-0.25, -0.2) is 0 Å². The number of carbonyl (C=O) groups is 1. The number of fused-ring (bicyclic) bond motifs is 1. The molecule has 36 heavy (non-hydrogen) atoms. The fourth-order valence-corrected chi connectivity index (χ4v) is 4.40. The van der Waals surface area contributed by atoms with Crippen molar-refractivity contribution in [3.63, 3.8) is 0 Å². The van der Waals surface area contributed by atoms with E-state index in [9.17, 15) is 20.2 Å². The first-order valence-electron chi connectivity index (χ1n) is 11.1. The normalized spacial score (nSPS) is 11.2. The number of hydrogen-bond acceptors (Lipinski definition) is 5. The second-order valence-electron chi connectivity index (χ2n) is 7.94. The Morgan fingerprint density at radius 1 is 1.17 bits per heavy atom. The van der Waals surface area contributed by atoms with Gasteiger partial charge in [-0.15, -0.1) is 0 Å². The summed E-state index contributed by atoms with van der Waals surface area (Å²) in [5.74, 6) is 0.166. The Morgan fingerprint density at radius 2 is 2.00 bits per heavy atom. The number of aromatic amines is 1. The number of aromatic nitrogens is 1. The van der Waals surface area contributed by atoms with Crippen molar-refractivity contribution >= 4 is 51.2 Å². The number of carbonyl (C=O) groups excluding carboxylic acids is 1. The fourth-order valence-electron chi connectivity index (χ4n) is 3.70. The van der Waals surface area contributed by atoms with Crippen LogP contribution in [0.2, 0.25) is 0 Å². The van der Waals surface area contributed by atoms with Crippen molar-refractivity contribution < 1.29 is 14.5 Å². The maximum absolute atomic E-state index is 12.6. The first kappa shape index (κ1) is 24.9. The largest absolute Gasteiger partial charge is 0.488 e. The zero-order chi connectivity index (χ0) is 25.5. The smallest absolute Gasteiger partial charge is 0.269 e. The summed E-state index contributed by atoms with van der Waals surface area (Å²) in [6.07, 6.45) is 4.11. The Labute approximate surface area is 220 Å². The number of nitrogens with one attached hydrogen (secondary N) is 2. The number of nitro benzene ring substituents is 1. The summed E-state index contributed by atoms with van der Waals surface area (Å²) in [7, 11) is 0. The Hall–Kier alpha value is -4.17. The van der Waals surface area contributed by atoms with Gasteiger partial charge in [0, 0.05) is 35.8 Å². The third-order valence-electron chi connectivity index (χ3n) is 5.50. The predicted molar refractivity (Wildman–Crippen MR) is 145 cm³/mol. The quantitative estimate of drug-likeness (QED) is 0.0872. The molecule has 1 aromatic heterocycles. The lowest BCUT2D eigenvalue weighted by molar-refractivity contribution is -0.384. The minimum Gasteiger partial charge on any atom is -0.488 e. The van der Waals surface area contributed by atoms with Gasteiger partial charge >= 0.3 is 0 Å². The molecule has 0 saturated carbocycles. The number of H-pyrrole nitrogens is 1. The second kappa shape index (κ2) is 11.5. The summed E-state index contributed by atoms with van der Waals surface area (Å²) in [6.45, 7) is 0.580. The Balaban J connectivity index is 1.36. The molecule has 0 fully saturated rings. The number of halogens is 1. The molecule has 0 aliphatic rings. The van der Waals surface area contributed by atoms with E-state index in [1.54, 1.807) is 30.3 Å². The van der Waals surface area contributed by atoms with Gasteiger partial charge in [0.15, 0.2) is 0 Å². The minimum atomic E-state index is -0.445. The van der Waals surface area contributed by atoms with Crippen LogP contribution in [0.25, 0.3) is 17.0 Å². The standard InChI is InChI=1S/C27H21IN4O4/c28-24-14-18(8-9-26(24)36-17-19-4-3-5-22(13-19)32(34)35)12-21(15-29)27(33)30-11-10-20-16-31-25-7-2-1-6-23(20)25/h1-9,12-14,16,31H,10-11,17H2,(H,30,33)/b21-12-. The van der Waals surface area contributed by atoms with E-state index in [0.717, 1.165) is 20.0 Å². The van der Waals surface area contributed by atoms with E-state index in [0.29, 0.717) is 29.8 Å². The van der Waals surface area contributed by atoms with Crippen molar-refractivity contribution in [2.45, 2.75) is 13.0 Å². The highest BCUT2D eigenvalue weighted by atomic mass is 127. The number of nitriles is 1. The molecule has 1 heterocycles. The molecular formula is C27H21IN4O4. The number of benzene rings is 3. The molecule has 1 amide bonds. The van der Waals surface area contributed by atoms with Crippen LogP contribution in [0, 0.1) is 25.0 Å². The summed E-state index contributed by atoms with van der Waals surface area (Å²) >= 11 is 2.11. The van der Waals surface area contributed by atoms with Crippen LogP contribution in [0.4, 0.5) is 5.69 Å². The number of nitro groups is 1. The van der Waals surface area contributed by atoms with Gasteiger partial charge in [-0.1, -0.05) is 36.4 Å². The lowest BCUT2D eigenvalue weighted by Crippen LogP contribution is -2.26. The van der Waals surface area contributed by atoms with E-state index in [1.165, 1.54) is 18.2 Å². The molecule has 4 aromatic rings.